The number of hydrogen-bond acceptors (Lipinski definition) is 4. The molecule has 5 heteroatoms. The summed E-state index contributed by atoms with van der Waals surface area (Å²) in [7, 11) is 0. The van der Waals surface area contributed by atoms with Crippen molar-refractivity contribution in [2.45, 2.75) is 6.04 Å². The molecule has 1 aromatic carbocycles. The Hall–Kier alpha value is -1.20. The number of rotatable bonds is 2. The molecule has 0 aliphatic carbocycles. The lowest BCUT2D eigenvalue weighted by atomic mass is 10.1. The third-order valence-electron chi connectivity index (χ3n) is 3.23. The third-order valence-corrected chi connectivity index (χ3v) is 3.98. The second kappa shape index (κ2) is 5.20. The molecule has 2 aromatic rings. The second-order valence-corrected chi connectivity index (χ2v) is 4.98. The first kappa shape index (κ1) is 11.9. The summed E-state index contributed by atoms with van der Waals surface area (Å²) < 4.78 is 5.52. The van der Waals surface area contributed by atoms with Crippen LogP contribution in [0.2, 0.25) is 0 Å². The van der Waals surface area contributed by atoms with E-state index in [4.69, 9.17) is 4.74 Å². The molecule has 0 saturated carbocycles. The van der Waals surface area contributed by atoms with Gasteiger partial charge in [0.2, 0.25) is 0 Å². The van der Waals surface area contributed by atoms with E-state index < -0.39 is 0 Å². The minimum Gasteiger partial charge on any atom is -0.377 e. The minimum absolute atomic E-state index is 0.318. The highest BCUT2D eigenvalue weighted by Gasteiger charge is 2.24. The number of aromatic nitrogens is 2. The number of ether oxygens (including phenoxy) is 1. The van der Waals surface area contributed by atoms with Crippen molar-refractivity contribution in [3.05, 3.63) is 30.5 Å². The zero-order chi connectivity index (χ0) is 12.4. The highest BCUT2D eigenvalue weighted by molar-refractivity contribution is 9.09. The standard InChI is InChI=1S/C13H14BrN3O/c14-7-11-9-18-6-5-17(11)13-12-4-2-1-3-10(12)8-15-16-13/h1-4,8,11H,5-7,9H2. The van der Waals surface area contributed by atoms with Crippen LogP contribution >= 0.6 is 15.9 Å². The maximum absolute atomic E-state index is 5.52. The van der Waals surface area contributed by atoms with Gasteiger partial charge in [-0.1, -0.05) is 40.2 Å². The second-order valence-electron chi connectivity index (χ2n) is 4.33. The summed E-state index contributed by atoms with van der Waals surface area (Å²) in [4.78, 5) is 2.29. The number of morpholine rings is 1. The van der Waals surface area contributed by atoms with E-state index in [-0.39, 0.29) is 0 Å². The molecule has 0 spiro atoms. The van der Waals surface area contributed by atoms with Crippen LogP contribution in [0.5, 0.6) is 0 Å². The molecule has 4 nitrogen and oxygen atoms in total. The fraction of sp³-hybridized carbons (Fsp3) is 0.385. The number of fused-ring (bicyclic) bond motifs is 1. The van der Waals surface area contributed by atoms with Crippen molar-refractivity contribution in [3.8, 4) is 0 Å². The number of anilines is 1. The first-order chi connectivity index (χ1) is 8.90. The average Bonchev–Trinajstić information content (AvgIpc) is 2.46. The van der Waals surface area contributed by atoms with Gasteiger partial charge < -0.3 is 9.64 Å². The largest absolute Gasteiger partial charge is 0.377 e. The van der Waals surface area contributed by atoms with E-state index in [1.807, 2.05) is 18.3 Å². The molecule has 1 saturated heterocycles. The monoisotopic (exact) mass is 307 g/mol. The van der Waals surface area contributed by atoms with Gasteiger partial charge in [0, 0.05) is 22.6 Å². The van der Waals surface area contributed by atoms with Crippen molar-refractivity contribution in [1.29, 1.82) is 0 Å². The molecule has 18 heavy (non-hydrogen) atoms. The van der Waals surface area contributed by atoms with Gasteiger partial charge >= 0.3 is 0 Å². The van der Waals surface area contributed by atoms with Gasteiger partial charge in [0.1, 0.15) is 0 Å². The first-order valence-corrected chi connectivity index (χ1v) is 7.13. The molecule has 2 heterocycles. The smallest absolute Gasteiger partial charge is 0.159 e. The highest BCUT2D eigenvalue weighted by Crippen LogP contribution is 2.26. The fourth-order valence-electron chi connectivity index (χ4n) is 2.29. The van der Waals surface area contributed by atoms with Crippen LogP contribution < -0.4 is 4.90 Å². The van der Waals surface area contributed by atoms with E-state index in [0.717, 1.165) is 41.7 Å². The van der Waals surface area contributed by atoms with Crippen LogP contribution in [0.1, 0.15) is 0 Å². The molecular formula is C13H14BrN3O. The molecule has 0 bridgehead atoms. The Morgan fingerprint density at radius 3 is 3.17 bits per heavy atom. The van der Waals surface area contributed by atoms with Crippen LogP contribution in [0.3, 0.4) is 0 Å². The summed E-state index contributed by atoms with van der Waals surface area (Å²) in [5, 5.41) is 11.6. The van der Waals surface area contributed by atoms with Crippen LogP contribution in [-0.2, 0) is 4.74 Å². The predicted octanol–water partition coefficient (Wildman–Crippen LogP) is 2.23. The van der Waals surface area contributed by atoms with E-state index in [0.29, 0.717) is 6.04 Å². The quantitative estimate of drug-likeness (QED) is 0.798. The molecule has 3 rings (SSSR count). The van der Waals surface area contributed by atoms with Gasteiger partial charge in [-0.15, -0.1) is 5.10 Å². The summed E-state index contributed by atoms with van der Waals surface area (Å²) in [6, 6.07) is 8.54. The van der Waals surface area contributed by atoms with Crippen molar-refractivity contribution < 1.29 is 4.74 Å². The zero-order valence-electron chi connectivity index (χ0n) is 9.92. The molecule has 1 aliphatic rings. The Labute approximate surface area is 114 Å². The van der Waals surface area contributed by atoms with Crippen molar-refractivity contribution in [2.75, 3.05) is 30.0 Å². The van der Waals surface area contributed by atoms with Crippen molar-refractivity contribution in [1.82, 2.24) is 10.2 Å². The number of benzene rings is 1. The number of hydrogen-bond donors (Lipinski definition) is 0. The zero-order valence-corrected chi connectivity index (χ0v) is 11.5. The Balaban J connectivity index is 2.07. The van der Waals surface area contributed by atoms with Crippen LogP contribution in [0.25, 0.3) is 10.8 Å². The van der Waals surface area contributed by atoms with Gasteiger partial charge in [-0.2, -0.15) is 5.10 Å². The van der Waals surface area contributed by atoms with Crippen molar-refractivity contribution in [2.24, 2.45) is 0 Å². The number of halogens is 1. The van der Waals surface area contributed by atoms with Gasteiger partial charge in [-0.25, -0.2) is 0 Å². The van der Waals surface area contributed by atoms with Crippen molar-refractivity contribution in [3.63, 3.8) is 0 Å². The summed E-state index contributed by atoms with van der Waals surface area (Å²) >= 11 is 3.54. The summed E-state index contributed by atoms with van der Waals surface area (Å²) in [5.74, 6) is 0.959. The molecule has 1 aliphatic heterocycles. The predicted molar refractivity (Wildman–Crippen MR) is 75.3 cm³/mol. The summed E-state index contributed by atoms with van der Waals surface area (Å²) in [6.07, 6.45) is 1.81. The fourth-order valence-corrected chi connectivity index (χ4v) is 2.82. The lowest BCUT2D eigenvalue weighted by molar-refractivity contribution is 0.100. The molecule has 1 atom stereocenters. The minimum atomic E-state index is 0.318. The topological polar surface area (TPSA) is 38.2 Å². The molecular weight excluding hydrogens is 294 g/mol. The lowest BCUT2D eigenvalue weighted by Gasteiger charge is -2.35. The Bertz CT molecular complexity index is 543. The van der Waals surface area contributed by atoms with E-state index in [1.54, 1.807) is 0 Å². The van der Waals surface area contributed by atoms with Gasteiger partial charge in [-0.3, -0.25) is 0 Å². The molecule has 1 aromatic heterocycles. The van der Waals surface area contributed by atoms with Gasteiger partial charge in [-0.05, 0) is 0 Å². The normalized spacial score (nSPS) is 20.3. The van der Waals surface area contributed by atoms with Gasteiger partial charge in [0.05, 0.1) is 25.5 Å². The Morgan fingerprint density at radius 2 is 2.28 bits per heavy atom. The van der Waals surface area contributed by atoms with Crippen LogP contribution in [0, 0.1) is 0 Å². The maximum Gasteiger partial charge on any atom is 0.159 e. The number of alkyl halides is 1. The summed E-state index contributed by atoms with van der Waals surface area (Å²) in [5.41, 5.74) is 0. The molecule has 1 fully saturated rings. The average molecular weight is 308 g/mol. The van der Waals surface area contributed by atoms with Crippen LogP contribution in [0.15, 0.2) is 30.5 Å². The van der Waals surface area contributed by atoms with E-state index >= 15 is 0 Å². The van der Waals surface area contributed by atoms with Gasteiger partial charge in [0.25, 0.3) is 0 Å². The SMILES string of the molecule is BrCC1COCCN1c1nncc2ccccc12. The molecule has 1 unspecified atom stereocenters. The lowest BCUT2D eigenvalue weighted by Crippen LogP contribution is -2.47. The van der Waals surface area contributed by atoms with Gasteiger partial charge in [0.15, 0.2) is 5.82 Å². The third kappa shape index (κ3) is 2.08. The van der Waals surface area contributed by atoms with Crippen molar-refractivity contribution >= 4 is 32.5 Å². The first-order valence-electron chi connectivity index (χ1n) is 6.01. The van der Waals surface area contributed by atoms with E-state index in [9.17, 15) is 0 Å². The molecule has 0 amide bonds. The molecule has 94 valence electrons. The molecule has 0 radical (unpaired) electrons. The highest BCUT2D eigenvalue weighted by atomic mass is 79.9. The Morgan fingerprint density at radius 1 is 1.39 bits per heavy atom. The molecule has 0 N–H and O–H groups in total. The number of nitrogens with zero attached hydrogens (tertiary/aromatic N) is 3. The van der Waals surface area contributed by atoms with E-state index in [2.05, 4.69) is 43.2 Å². The van der Waals surface area contributed by atoms with Crippen LogP contribution in [-0.4, -0.2) is 41.3 Å². The van der Waals surface area contributed by atoms with E-state index in [1.165, 1.54) is 0 Å². The Kier molecular flexibility index (Phi) is 3.43. The maximum atomic E-state index is 5.52. The van der Waals surface area contributed by atoms with Crippen LogP contribution in [0.4, 0.5) is 5.82 Å². The summed E-state index contributed by atoms with van der Waals surface area (Å²) in [6.45, 7) is 2.34.